The van der Waals surface area contributed by atoms with Gasteiger partial charge in [-0.15, -0.1) is 0 Å². The molecule has 2 rings (SSSR count). The summed E-state index contributed by atoms with van der Waals surface area (Å²) >= 11 is 0. The SMILES string of the molecule is CCCn1nc(C)c([N+](=O)[O-])c1NC1CC=CCC1. The third kappa shape index (κ3) is 2.94. The van der Waals surface area contributed by atoms with Gasteiger partial charge >= 0.3 is 5.69 Å². The molecule has 1 atom stereocenters. The first-order valence-electron chi connectivity index (χ1n) is 6.76. The zero-order valence-corrected chi connectivity index (χ0v) is 11.4. The predicted octanol–water partition coefficient (Wildman–Crippen LogP) is 3.03. The summed E-state index contributed by atoms with van der Waals surface area (Å²) in [5.74, 6) is 0.560. The summed E-state index contributed by atoms with van der Waals surface area (Å²) in [6, 6.07) is 0.260. The van der Waals surface area contributed by atoms with E-state index in [1.165, 1.54) is 0 Å². The molecule has 0 spiro atoms. The lowest BCUT2D eigenvalue weighted by atomic mass is 10.0. The molecule has 1 aromatic heterocycles. The largest absolute Gasteiger partial charge is 0.361 e. The molecule has 104 valence electrons. The van der Waals surface area contributed by atoms with Crippen molar-refractivity contribution >= 4 is 11.5 Å². The molecule has 6 nitrogen and oxygen atoms in total. The zero-order chi connectivity index (χ0) is 13.8. The highest BCUT2D eigenvalue weighted by Crippen LogP contribution is 2.30. The molecule has 1 aromatic rings. The molecule has 1 N–H and O–H groups in total. The molecular formula is C13H20N4O2. The van der Waals surface area contributed by atoms with Gasteiger partial charge in [0.25, 0.3) is 0 Å². The Morgan fingerprint density at radius 1 is 1.58 bits per heavy atom. The summed E-state index contributed by atoms with van der Waals surface area (Å²) in [6.07, 6.45) is 8.11. The van der Waals surface area contributed by atoms with Gasteiger partial charge < -0.3 is 5.32 Å². The van der Waals surface area contributed by atoms with Gasteiger partial charge in [-0.2, -0.15) is 5.10 Å². The first kappa shape index (κ1) is 13.6. The molecule has 0 radical (unpaired) electrons. The fourth-order valence-electron chi connectivity index (χ4n) is 2.43. The molecule has 1 heterocycles. The van der Waals surface area contributed by atoms with Gasteiger partial charge in [0.05, 0.1) is 4.92 Å². The minimum atomic E-state index is -0.338. The average Bonchev–Trinajstić information content (AvgIpc) is 2.67. The minimum absolute atomic E-state index is 0.114. The Bertz CT molecular complexity index is 493. The summed E-state index contributed by atoms with van der Waals surface area (Å²) in [4.78, 5) is 10.9. The van der Waals surface area contributed by atoms with Crippen molar-refractivity contribution in [3.05, 3.63) is 28.0 Å². The Labute approximate surface area is 112 Å². The van der Waals surface area contributed by atoms with Gasteiger partial charge in [-0.1, -0.05) is 19.1 Å². The van der Waals surface area contributed by atoms with Crippen molar-refractivity contribution in [3.8, 4) is 0 Å². The molecule has 1 unspecified atom stereocenters. The maximum Gasteiger partial charge on any atom is 0.333 e. The number of aryl methyl sites for hydroxylation is 2. The Morgan fingerprint density at radius 2 is 2.37 bits per heavy atom. The van der Waals surface area contributed by atoms with Gasteiger partial charge in [0.1, 0.15) is 5.69 Å². The predicted molar refractivity (Wildman–Crippen MR) is 74.3 cm³/mol. The van der Waals surface area contributed by atoms with Gasteiger partial charge in [0.15, 0.2) is 0 Å². The van der Waals surface area contributed by atoms with E-state index in [1.54, 1.807) is 11.6 Å². The number of nitrogens with one attached hydrogen (secondary N) is 1. The Morgan fingerprint density at radius 3 is 2.95 bits per heavy atom. The lowest BCUT2D eigenvalue weighted by Gasteiger charge is -2.20. The Kier molecular flexibility index (Phi) is 4.19. The lowest BCUT2D eigenvalue weighted by Crippen LogP contribution is -2.23. The monoisotopic (exact) mass is 264 g/mol. The van der Waals surface area contributed by atoms with Crippen LogP contribution in [0.2, 0.25) is 0 Å². The molecule has 0 aromatic carbocycles. The van der Waals surface area contributed by atoms with E-state index in [4.69, 9.17) is 0 Å². The van der Waals surface area contributed by atoms with Crippen LogP contribution >= 0.6 is 0 Å². The van der Waals surface area contributed by atoms with E-state index < -0.39 is 0 Å². The second-order valence-electron chi connectivity index (χ2n) is 4.89. The number of aromatic nitrogens is 2. The maximum atomic E-state index is 11.2. The standard InChI is InChI=1S/C13H20N4O2/c1-3-9-16-13(12(17(18)19)10(2)15-16)14-11-7-5-4-6-8-11/h4-5,11,14H,3,6-9H2,1-2H3. The van der Waals surface area contributed by atoms with Gasteiger partial charge in [-0.3, -0.25) is 10.1 Å². The van der Waals surface area contributed by atoms with Crippen molar-refractivity contribution in [3.63, 3.8) is 0 Å². The van der Waals surface area contributed by atoms with Crippen LogP contribution in [0.3, 0.4) is 0 Å². The van der Waals surface area contributed by atoms with E-state index in [1.807, 2.05) is 6.92 Å². The van der Waals surface area contributed by atoms with E-state index in [-0.39, 0.29) is 16.7 Å². The van der Waals surface area contributed by atoms with Crippen LogP contribution in [0, 0.1) is 17.0 Å². The van der Waals surface area contributed by atoms with Crippen LogP contribution < -0.4 is 5.32 Å². The number of hydrogen-bond acceptors (Lipinski definition) is 4. The van der Waals surface area contributed by atoms with Crippen LogP contribution in [0.1, 0.15) is 38.3 Å². The molecule has 0 amide bonds. The van der Waals surface area contributed by atoms with Crippen molar-refractivity contribution in [2.75, 3.05) is 5.32 Å². The minimum Gasteiger partial charge on any atom is -0.361 e. The van der Waals surface area contributed by atoms with Crippen molar-refractivity contribution in [1.82, 2.24) is 9.78 Å². The van der Waals surface area contributed by atoms with Crippen LogP contribution in [0.4, 0.5) is 11.5 Å². The highest BCUT2D eigenvalue weighted by atomic mass is 16.6. The third-order valence-corrected chi connectivity index (χ3v) is 3.32. The number of anilines is 1. The summed E-state index contributed by atoms with van der Waals surface area (Å²) in [5, 5.41) is 18.8. The summed E-state index contributed by atoms with van der Waals surface area (Å²) in [5.41, 5.74) is 0.593. The highest BCUT2D eigenvalue weighted by Gasteiger charge is 2.26. The van der Waals surface area contributed by atoms with Gasteiger partial charge in [-0.05, 0) is 32.6 Å². The normalized spacial score (nSPS) is 18.5. The van der Waals surface area contributed by atoms with Crippen molar-refractivity contribution in [1.29, 1.82) is 0 Å². The lowest BCUT2D eigenvalue weighted by molar-refractivity contribution is -0.384. The quantitative estimate of drug-likeness (QED) is 0.504. The van der Waals surface area contributed by atoms with Gasteiger partial charge in [0, 0.05) is 12.6 Å². The first-order chi connectivity index (χ1) is 9.13. The second kappa shape index (κ2) is 5.86. The molecule has 19 heavy (non-hydrogen) atoms. The van der Waals surface area contributed by atoms with E-state index in [0.717, 1.165) is 25.7 Å². The molecular weight excluding hydrogens is 244 g/mol. The number of allylic oxidation sites excluding steroid dienone is 1. The second-order valence-corrected chi connectivity index (χ2v) is 4.89. The van der Waals surface area contributed by atoms with Crippen LogP contribution in [-0.4, -0.2) is 20.7 Å². The van der Waals surface area contributed by atoms with E-state index in [0.29, 0.717) is 18.1 Å². The number of hydrogen-bond donors (Lipinski definition) is 1. The number of nitro groups is 1. The van der Waals surface area contributed by atoms with Crippen LogP contribution in [0.15, 0.2) is 12.2 Å². The van der Waals surface area contributed by atoms with Crippen molar-refractivity contribution in [2.45, 2.75) is 52.1 Å². The molecule has 0 aliphatic heterocycles. The van der Waals surface area contributed by atoms with Crippen molar-refractivity contribution < 1.29 is 4.92 Å². The molecule has 1 aliphatic carbocycles. The molecule has 1 aliphatic rings. The van der Waals surface area contributed by atoms with Crippen LogP contribution in [0.25, 0.3) is 0 Å². The maximum absolute atomic E-state index is 11.2. The third-order valence-electron chi connectivity index (χ3n) is 3.32. The molecule has 0 bridgehead atoms. The number of nitrogens with zero attached hydrogens (tertiary/aromatic N) is 3. The Balaban J connectivity index is 2.29. The van der Waals surface area contributed by atoms with Crippen LogP contribution in [0.5, 0.6) is 0 Å². The van der Waals surface area contributed by atoms with Crippen molar-refractivity contribution in [2.24, 2.45) is 0 Å². The van der Waals surface area contributed by atoms with E-state index in [9.17, 15) is 10.1 Å². The van der Waals surface area contributed by atoms with Crippen LogP contribution in [-0.2, 0) is 6.54 Å². The summed E-state index contributed by atoms with van der Waals surface area (Å²) in [6.45, 7) is 4.42. The molecule has 6 heteroatoms. The highest BCUT2D eigenvalue weighted by molar-refractivity contribution is 5.60. The smallest absolute Gasteiger partial charge is 0.333 e. The zero-order valence-electron chi connectivity index (χ0n) is 11.4. The average molecular weight is 264 g/mol. The fraction of sp³-hybridized carbons (Fsp3) is 0.615. The summed E-state index contributed by atoms with van der Waals surface area (Å²) < 4.78 is 1.73. The van der Waals surface area contributed by atoms with E-state index in [2.05, 4.69) is 22.6 Å². The van der Waals surface area contributed by atoms with Gasteiger partial charge in [0.2, 0.25) is 5.82 Å². The first-order valence-corrected chi connectivity index (χ1v) is 6.76. The number of rotatable bonds is 5. The summed E-state index contributed by atoms with van der Waals surface area (Å²) in [7, 11) is 0. The fourth-order valence-corrected chi connectivity index (χ4v) is 2.43. The molecule has 0 saturated heterocycles. The topological polar surface area (TPSA) is 73.0 Å². The molecule has 0 fully saturated rings. The molecule has 0 saturated carbocycles. The Hall–Kier alpha value is -1.85. The van der Waals surface area contributed by atoms with E-state index >= 15 is 0 Å². The van der Waals surface area contributed by atoms with Gasteiger partial charge in [-0.25, -0.2) is 4.68 Å².